The van der Waals surface area contributed by atoms with E-state index < -0.39 is 38.9 Å². The van der Waals surface area contributed by atoms with Crippen molar-refractivity contribution < 1.29 is 53.6 Å². The maximum atomic E-state index is 14.8. The van der Waals surface area contributed by atoms with Crippen molar-refractivity contribution in [3.05, 3.63) is 119 Å². The summed E-state index contributed by atoms with van der Waals surface area (Å²) >= 11 is 0. The van der Waals surface area contributed by atoms with Gasteiger partial charge in [0.2, 0.25) is 0 Å². The minimum absolute atomic E-state index is 0.263. The molecule has 0 bridgehead atoms. The number of halogens is 2. The van der Waals surface area contributed by atoms with E-state index in [4.69, 9.17) is 44.8 Å². The highest BCUT2D eigenvalue weighted by Gasteiger charge is 2.34. The molecule has 8 aromatic rings. The fourth-order valence-corrected chi connectivity index (χ4v) is 10.00. The first-order chi connectivity index (χ1) is 30.4. The van der Waals surface area contributed by atoms with Crippen LogP contribution >= 0.6 is 16.5 Å². The van der Waals surface area contributed by atoms with Crippen molar-refractivity contribution >= 4 is 60.4 Å². The van der Waals surface area contributed by atoms with Gasteiger partial charge in [0.05, 0.1) is 28.4 Å². The Kier molecular flexibility index (Phi) is 11.8. The summed E-state index contributed by atoms with van der Waals surface area (Å²) in [6, 6.07) is 23.1. The van der Waals surface area contributed by atoms with Crippen LogP contribution in [-0.4, -0.2) is 28.4 Å². The first-order valence-corrected chi connectivity index (χ1v) is 22.7. The van der Waals surface area contributed by atoms with E-state index in [-0.39, 0.29) is 11.2 Å². The summed E-state index contributed by atoms with van der Waals surface area (Å²) < 4.78 is 93.8. The van der Waals surface area contributed by atoms with E-state index in [0.29, 0.717) is 73.1 Å². The second-order valence-electron chi connectivity index (χ2n) is 17.4. The molecular formula is C50H50F2O10P2. The first kappa shape index (κ1) is 44.4. The molecule has 0 saturated carbocycles. The van der Waals surface area contributed by atoms with Crippen LogP contribution < -0.4 is 28.0 Å². The predicted molar refractivity (Wildman–Crippen MR) is 250 cm³/mol. The minimum Gasteiger partial charge on any atom is -0.497 e. The van der Waals surface area contributed by atoms with Gasteiger partial charge in [0.1, 0.15) is 68.5 Å². The molecule has 0 N–H and O–H groups in total. The molecule has 10 nitrogen and oxygen atoms in total. The van der Waals surface area contributed by atoms with Crippen LogP contribution in [0.4, 0.5) is 8.78 Å². The van der Waals surface area contributed by atoms with E-state index in [1.54, 1.807) is 28.4 Å². The van der Waals surface area contributed by atoms with Crippen LogP contribution in [0.25, 0.3) is 55.0 Å². The Morgan fingerprint density at radius 1 is 0.438 bits per heavy atom. The number of benzene rings is 6. The van der Waals surface area contributed by atoms with Gasteiger partial charge in [0.25, 0.3) is 0 Å². The summed E-state index contributed by atoms with van der Waals surface area (Å²) in [6.45, 7) is 16.4. The number of ether oxygens (including phenoxy) is 4. The molecule has 334 valence electrons. The molecular weight excluding hydrogens is 860 g/mol. The molecule has 0 aliphatic heterocycles. The zero-order valence-electron chi connectivity index (χ0n) is 37.8. The van der Waals surface area contributed by atoms with Crippen molar-refractivity contribution in [3.8, 4) is 45.6 Å². The van der Waals surface area contributed by atoms with Gasteiger partial charge in [-0.2, -0.15) is 0 Å². The van der Waals surface area contributed by atoms with Gasteiger partial charge >= 0.3 is 16.5 Å². The largest absolute Gasteiger partial charge is 0.497 e. The van der Waals surface area contributed by atoms with Crippen LogP contribution in [0.3, 0.4) is 0 Å². The maximum Gasteiger partial charge on any atom is 0.453 e. The van der Waals surface area contributed by atoms with Crippen LogP contribution in [-0.2, 0) is 10.8 Å². The Balaban J connectivity index is 1.48. The van der Waals surface area contributed by atoms with Crippen molar-refractivity contribution in [1.29, 1.82) is 0 Å². The van der Waals surface area contributed by atoms with E-state index in [2.05, 4.69) is 41.5 Å². The quantitative estimate of drug-likeness (QED) is 0.139. The fraction of sp³-hybridized carbons (Fsp3) is 0.280. The molecule has 0 fully saturated rings. The van der Waals surface area contributed by atoms with Gasteiger partial charge in [-0.25, -0.2) is 8.78 Å². The molecule has 64 heavy (non-hydrogen) atoms. The smallest absolute Gasteiger partial charge is 0.453 e. The zero-order valence-corrected chi connectivity index (χ0v) is 39.6. The van der Waals surface area contributed by atoms with Crippen LogP contribution in [0.5, 0.6) is 34.5 Å². The van der Waals surface area contributed by atoms with E-state index in [9.17, 15) is 8.78 Å². The Morgan fingerprint density at radius 2 is 0.766 bits per heavy atom. The highest BCUT2D eigenvalue weighted by Crippen LogP contribution is 2.56. The number of hydrogen-bond donors (Lipinski definition) is 0. The topological polar surface area (TPSA) is 108 Å². The zero-order chi connectivity index (χ0) is 45.8. The molecule has 0 aliphatic carbocycles. The molecule has 14 heteroatoms. The predicted octanol–water partition coefficient (Wildman–Crippen LogP) is 15.8. The lowest BCUT2D eigenvalue weighted by atomic mass is 9.79. The standard InChI is InChI=1S/C50H50F2O10P2/c1-27-43(55-11)25-37(49(3,4)5)47(61-63-57-39-17-13-29(51)21-33(39)34-22-30(52)14-18-40(34)58-63)45(27)46-28(2)44(56-12)26-38(50(6,7)8)48(46)62-64-59-41-19-15-31(53-9)23-35(41)36-24-32(54-10)16-20-42(36)60-64/h13-26H,1-12H3. The lowest BCUT2D eigenvalue weighted by Gasteiger charge is -2.30. The Morgan fingerprint density at radius 3 is 1.08 bits per heavy atom. The fourth-order valence-electron chi connectivity index (χ4n) is 7.82. The lowest BCUT2D eigenvalue weighted by molar-refractivity contribution is 0.405. The number of methoxy groups -OCH3 is 4. The van der Waals surface area contributed by atoms with Crippen LogP contribution in [0.1, 0.15) is 63.8 Å². The normalized spacial score (nSPS) is 11.9. The molecule has 0 spiro atoms. The number of fused-ring (bicyclic) bond motifs is 6. The third-order valence-corrected chi connectivity index (χ3v) is 13.2. The van der Waals surface area contributed by atoms with E-state index >= 15 is 0 Å². The SMILES string of the molecule is COc1ccc2op(Oc3c(C(C)(C)C)cc(OC)c(C)c3-c3c(C)c(OC)cc(C(C)(C)C)c3Op3oc4ccc(F)cc4c4cc(F)ccc4o3)oc3ccc(OC)cc3c2c1. The van der Waals surface area contributed by atoms with Gasteiger partial charge in [-0.15, -0.1) is 0 Å². The minimum atomic E-state index is -2.33. The highest BCUT2D eigenvalue weighted by atomic mass is 31.1. The molecule has 6 aromatic carbocycles. The van der Waals surface area contributed by atoms with Gasteiger partial charge in [0.15, 0.2) is 0 Å². The molecule has 2 aromatic heterocycles. The Bertz CT molecular complexity index is 3070. The van der Waals surface area contributed by atoms with Crippen molar-refractivity contribution in [2.24, 2.45) is 0 Å². The summed E-state index contributed by atoms with van der Waals surface area (Å²) in [5.41, 5.74) is 4.70. The molecule has 2 heterocycles. The highest BCUT2D eigenvalue weighted by molar-refractivity contribution is 7.32. The van der Waals surface area contributed by atoms with Crippen molar-refractivity contribution in [3.63, 3.8) is 0 Å². The van der Waals surface area contributed by atoms with E-state index in [1.807, 2.05) is 62.4 Å². The number of hydrogen-bond acceptors (Lipinski definition) is 10. The summed E-state index contributed by atoms with van der Waals surface area (Å²) in [7, 11) is 1.92. The summed E-state index contributed by atoms with van der Waals surface area (Å²) in [4.78, 5) is 0. The van der Waals surface area contributed by atoms with E-state index in [1.165, 1.54) is 36.4 Å². The molecule has 0 amide bonds. The third-order valence-electron chi connectivity index (χ3n) is 11.1. The monoisotopic (exact) mass is 910 g/mol. The Labute approximate surface area is 371 Å². The van der Waals surface area contributed by atoms with Gasteiger partial charge in [-0.1, -0.05) is 41.5 Å². The van der Waals surface area contributed by atoms with Crippen molar-refractivity contribution in [1.82, 2.24) is 0 Å². The van der Waals surface area contributed by atoms with Gasteiger partial charge in [-0.3, -0.25) is 0 Å². The molecule has 0 saturated heterocycles. The van der Waals surface area contributed by atoms with Crippen molar-refractivity contribution in [2.75, 3.05) is 28.4 Å². The van der Waals surface area contributed by atoms with Gasteiger partial charge in [0, 0.05) is 54.9 Å². The van der Waals surface area contributed by atoms with Gasteiger partial charge in [-0.05, 0) is 110 Å². The summed E-state index contributed by atoms with van der Waals surface area (Å²) in [5.74, 6) is 2.31. The van der Waals surface area contributed by atoms with Crippen LogP contribution in [0, 0.1) is 25.5 Å². The summed E-state index contributed by atoms with van der Waals surface area (Å²) in [5, 5.41) is 2.12. The Hall–Kier alpha value is -6.22. The molecule has 0 atom stereocenters. The van der Waals surface area contributed by atoms with Crippen LogP contribution in [0.2, 0.25) is 0 Å². The third kappa shape index (κ3) is 8.33. The van der Waals surface area contributed by atoms with Crippen molar-refractivity contribution in [2.45, 2.75) is 66.2 Å². The number of rotatable bonds is 9. The maximum absolute atomic E-state index is 14.8. The molecule has 0 unspecified atom stereocenters. The lowest BCUT2D eigenvalue weighted by Crippen LogP contribution is -2.16. The van der Waals surface area contributed by atoms with E-state index in [0.717, 1.165) is 27.5 Å². The molecule has 0 radical (unpaired) electrons. The molecule has 8 rings (SSSR count). The molecule has 0 aliphatic rings. The second kappa shape index (κ2) is 17.1. The summed E-state index contributed by atoms with van der Waals surface area (Å²) in [6.07, 6.45) is 0. The average molecular weight is 911 g/mol. The van der Waals surface area contributed by atoms with Crippen LogP contribution in [0.15, 0.2) is 102 Å². The second-order valence-corrected chi connectivity index (χ2v) is 19.4. The first-order valence-electron chi connectivity index (χ1n) is 20.5. The van der Waals surface area contributed by atoms with Gasteiger partial charge < -0.3 is 44.8 Å². The average Bonchev–Trinajstić information content (AvgIpc) is 3.49.